The fourth-order valence-corrected chi connectivity index (χ4v) is 2.70. The van der Waals surface area contributed by atoms with Crippen molar-refractivity contribution in [3.05, 3.63) is 16.9 Å². The van der Waals surface area contributed by atoms with Gasteiger partial charge >= 0.3 is 5.97 Å². The molecule has 0 saturated carbocycles. The molecule has 0 aliphatic rings. The van der Waals surface area contributed by atoms with Crippen LogP contribution in [0.5, 0.6) is 5.95 Å². The normalized spacial score (nSPS) is 11.0. The lowest BCUT2D eigenvalue weighted by Crippen LogP contribution is -2.07. The minimum atomic E-state index is -0.169. The van der Waals surface area contributed by atoms with Crippen LogP contribution in [0.25, 0.3) is 0 Å². The predicted octanol–water partition coefficient (Wildman–Crippen LogP) is 6.29. The second-order valence-electron chi connectivity index (χ2n) is 6.51. The lowest BCUT2D eigenvalue weighted by Gasteiger charge is -2.02. The standard InChI is InChI=1S/C20H34O3/c1-5-7-9-10-11-13-15-19(21)23-20-17(4)16(3)18(22-20)14-12-8-6-2/h5-15H2,1-4H3. The van der Waals surface area contributed by atoms with Crippen LogP contribution < -0.4 is 4.74 Å². The molecule has 23 heavy (non-hydrogen) atoms. The molecule has 0 aliphatic heterocycles. The Morgan fingerprint density at radius 3 is 2.17 bits per heavy atom. The van der Waals surface area contributed by atoms with Crippen molar-refractivity contribution in [1.82, 2.24) is 0 Å². The largest absolute Gasteiger partial charge is 0.430 e. The van der Waals surface area contributed by atoms with E-state index in [1.54, 1.807) is 0 Å². The monoisotopic (exact) mass is 322 g/mol. The van der Waals surface area contributed by atoms with Gasteiger partial charge in [0.25, 0.3) is 5.95 Å². The SMILES string of the molecule is CCCCCCCCC(=O)Oc1oc(CCCCC)c(C)c1C. The van der Waals surface area contributed by atoms with E-state index in [2.05, 4.69) is 13.8 Å². The van der Waals surface area contributed by atoms with Crippen molar-refractivity contribution in [2.45, 2.75) is 98.3 Å². The van der Waals surface area contributed by atoms with Crippen molar-refractivity contribution in [3.63, 3.8) is 0 Å². The van der Waals surface area contributed by atoms with Crippen LogP contribution in [0.2, 0.25) is 0 Å². The number of ether oxygens (including phenoxy) is 1. The van der Waals surface area contributed by atoms with Gasteiger partial charge in [-0.1, -0.05) is 58.8 Å². The van der Waals surface area contributed by atoms with Gasteiger partial charge in [0.15, 0.2) is 0 Å². The molecule has 0 aliphatic carbocycles. The Bertz CT molecular complexity index is 460. The highest BCUT2D eigenvalue weighted by molar-refractivity contribution is 5.72. The summed E-state index contributed by atoms with van der Waals surface area (Å²) in [5.41, 5.74) is 2.09. The summed E-state index contributed by atoms with van der Waals surface area (Å²) in [5, 5.41) is 0. The summed E-state index contributed by atoms with van der Waals surface area (Å²) in [4.78, 5) is 12.0. The quantitative estimate of drug-likeness (QED) is 0.335. The number of rotatable bonds is 12. The Hall–Kier alpha value is -1.25. The van der Waals surface area contributed by atoms with Gasteiger partial charge in [0.1, 0.15) is 5.76 Å². The van der Waals surface area contributed by atoms with Crippen LogP contribution >= 0.6 is 0 Å². The van der Waals surface area contributed by atoms with Crippen LogP contribution in [0.3, 0.4) is 0 Å². The molecular weight excluding hydrogens is 288 g/mol. The summed E-state index contributed by atoms with van der Waals surface area (Å²) in [7, 11) is 0. The molecular formula is C20H34O3. The molecule has 0 aromatic carbocycles. The van der Waals surface area contributed by atoms with Crippen LogP contribution in [-0.4, -0.2) is 5.97 Å². The van der Waals surface area contributed by atoms with Gasteiger partial charge in [0.05, 0.1) is 0 Å². The second-order valence-corrected chi connectivity index (χ2v) is 6.51. The van der Waals surface area contributed by atoms with Gasteiger partial charge in [-0.25, -0.2) is 0 Å². The first kappa shape index (κ1) is 19.8. The summed E-state index contributed by atoms with van der Waals surface area (Å²) < 4.78 is 11.2. The molecule has 3 nitrogen and oxygen atoms in total. The van der Waals surface area contributed by atoms with Gasteiger partial charge in [-0.2, -0.15) is 0 Å². The summed E-state index contributed by atoms with van der Waals surface area (Å²) >= 11 is 0. The topological polar surface area (TPSA) is 39.4 Å². The maximum absolute atomic E-state index is 12.0. The number of carbonyl (C=O) groups excluding carboxylic acids is 1. The number of hydrogen-bond donors (Lipinski definition) is 0. The molecule has 1 heterocycles. The second kappa shape index (κ2) is 11.3. The fraction of sp³-hybridized carbons (Fsp3) is 0.750. The number of carbonyl (C=O) groups is 1. The Balaban J connectivity index is 2.38. The lowest BCUT2D eigenvalue weighted by atomic mass is 10.1. The third kappa shape index (κ3) is 7.24. The minimum absolute atomic E-state index is 0.169. The first-order chi connectivity index (χ1) is 11.1. The molecule has 0 amide bonds. The predicted molar refractivity (Wildman–Crippen MR) is 95.0 cm³/mol. The molecule has 3 heteroatoms. The Morgan fingerprint density at radius 2 is 1.48 bits per heavy atom. The smallest absolute Gasteiger partial charge is 0.313 e. The van der Waals surface area contributed by atoms with E-state index in [4.69, 9.17) is 9.15 Å². The van der Waals surface area contributed by atoms with E-state index < -0.39 is 0 Å². The third-order valence-corrected chi connectivity index (χ3v) is 4.45. The number of unbranched alkanes of at least 4 members (excludes halogenated alkanes) is 7. The molecule has 0 spiro atoms. The Kier molecular flexibility index (Phi) is 9.74. The van der Waals surface area contributed by atoms with Crippen molar-refractivity contribution in [1.29, 1.82) is 0 Å². The van der Waals surface area contributed by atoms with Crippen molar-refractivity contribution in [2.24, 2.45) is 0 Å². The highest BCUT2D eigenvalue weighted by Gasteiger charge is 2.17. The van der Waals surface area contributed by atoms with Crippen molar-refractivity contribution >= 4 is 5.97 Å². The van der Waals surface area contributed by atoms with Crippen LogP contribution in [0, 0.1) is 13.8 Å². The number of furan rings is 1. The molecule has 0 N–H and O–H groups in total. The first-order valence-corrected chi connectivity index (χ1v) is 9.39. The summed E-state index contributed by atoms with van der Waals surface area (Å²) in [5.74, 6) is 1.21. The van der Waals surface area contributed by atoms with Crippen LogP contribution in [0.1, 0.15) is 94.9 Å². The molecule has 0 saturated heterocycles. The van der Waals surface area contributed by atoms with E-state index in [0.29, 0.717) is 12.4 Å². The van der Waals surface area contributed by atoms with Gasteiger partial charge in [-0.3, -0.25) is 4.79 Å². The lowest BCUT2D eigenvalue weighted by molar-refractivity contribution is -0.135. The third-order valence-electron chi connectivity index (χ3n) is 4.45. The Labute approximate surface area is 141 Å². The van der Waals surface area contributed by atoms with Crippen molar-refractivity contribution in [3.8, 4) is 5.95 Å². The first-order valence-electron chi connectivity index (χ1n) is 9.39. The van der Waals surface area contributed by atoms with Crippen molar-refractivity contribution in [2.75, 3.05) is 0 Å². The fourth-order valence-electron chi connectivity index (χ4n) is 2.70. The van der Waals surface area contributed by atoms with E-state index in [-0.39, 0.29) is 5.97 Å². The maximum atomic E-state index is 12.0. The zero-order chi connectivity index (χ0) is 17.1. The molecule has 0 fully saturated rings. The average Bonchev–Trinajstić information content (AvgIpc) is 2.79. The maximum Gasteiger partial charge on any atom is 0.313 e. The van der Waals surface area contributed by atoms with E-state index in [0.717, 1.165) is 42.6 Å². The van der Waals surface area contributed by atoms with Crippen LogP contribution in [0.4, 0.5) is 0 Å². The van der Waals surface area contributed by atoms with Gasteiger partial charge in [-0.15, -0.1) is 0 Å². The zero-order valence-corrected chi connectivity index (χ0v) is 15.5. The summed E-state index contributed by atoms with van der Waals surface area (Å²) in [6, 6.07) is 0. The van der Waals surface area contributed by atoms with E-state index >= 15 is 0 Å². The van der Waals surface area contributed by atoms with E-state index in [9.17, 15) is 4.79 Å². The van der Waals surface area contributed by atoms with Crippen LogP contribution in [0.15, 0.2) is 4.42 Å². The molecule has 0 unspecified atom stereocenters. The summed E-state index contributed by atoms with van der Waals surface area (Å²) in [6.07, 6.45) is 11.9. The van der Waals surface area contributed by atoms with Gasteiger partial charge in [0, 0.05) is 18.4 Å². The van der Waals surface area contributed by atoms with Crippen LogP contribution in [-0.2, 0) is 11.2 Å². The molecule has 1 aromatic heterocycles. The molecule has 0 radical (unpaired) electrons. The number of aryl methyl sites for hydroxylation is 1. The Morgan fingerprint density at radius 1 is 0.870 bits per heavy atom. The molecule has 0 bridgehead atoms. The summed E-state index contributed by atoms with van der Waals surface area (Å²) in [6.45, 7) is 8.41. The number of esters is 1. The molecule has 0 atom stereocenters. The highest BCUT2D eigenvalue weighted by atomic mass is 16.6. The molecule has 1 aromatic rings. The van der Waals surface area contributed by atoms with Gasteiger partial charge in [0.2, 0.25) is 0 Å². The molecule has 1 rings (SSSR count). The number of hydrogen-bond acceptors (Lipinski definition) is 3. The molecule has 132 valence electrons. The van der Waals surface area contributed by atoms with E-state index in [1.807, 2.05) is 13.8 Å². The zero-order valence-electron chi connectivity index (χ0n) is 15.5. The van der Waals surface area contributed by atoms with Gasteiger partial charge < -0.3 is 9.15 Å². The minimum Gasteiger partial charge on any atom is -0.430 e. The highest BCUT2D eigenvalue weighted by Crippen LogP contribution is 2.29. The van der Waals surface area contributed by atoms with Gasteiger partial charge in [-0.05, 0) is 32.3 Å². The average molecular weight is 322 g/mol. The van der Waals surface area contributed by atoms with E-state index in [1.165, 1.54) is 38.5 Å². The van der Waals surface area contributed by atoms with Crippen molar-refractivity contribution < 1.29 is 13.9 Å².